The number of carbonyl (C=O) groups is 2. The number of fused-ring (bicyclic) bond motifs is 2. The average molecular weight is 547 g/mol. The van der Waals surface area contributed by atoms with Crippen LogP contribution in [0.25, 0.3) is 0 Å². The van der Waals surface area contributed by atoms with E-state index in [9.17, 15) is 9.59 Å². The average Bonchev–Trinajstić information content (AvgIpc) is 3.11. The SMILES string of the molecule is CC(C)CNC(=O)N1CCN(C2c3ccc(Cl)cc3CCc3cccnc32)CC1C(=O)NCc1cccnc1. The molecule has 2 aromatic heterocycles. The van der Waals surface area contributed by atoms with Crippen LogP contribution in [0.1, 0.15) is 47.8 Å². The zero-order chi connectivity index (χ0) is 27.4. The Kier molecular flexibility index (Phi) is 8.43. The van der Waals surface area contributed by atoms with Gasteiger partial charge in [0.15, 0.2) is 0 Å². The van der Waals surface area contributed by atoms with Gasteiger partial charge in [0, 0.05) is 56.3 Å². The first-order chi connectivity index (χ1) is 18.9. The molecule has 2 atom stereocenters. The molecule has 3 aromatic rings. The van der Waals surface area contributed by atoms with E-state index in [2.05, 4.69) is 46.5 Å². The fourth-order valence-corrected chi connectivity index (χ4v) is 5.66. The monoisotopic (exact) mass is 546 g/mol. The van der Waals surface area contributed by atoms with Crippen LogP contribution >= 0.6 is 11.6 Å². The van der Waals surface area contributed by atoms with Crippen LogP contribution < -0.4 is 10.6 Å². The number of aromatic nitrogens is 2. The third kappa shape index (κ3) is 6.23. The molecule has 39 heavy (non-hydrogen) atoms. The molecule has 2 N–H and O–H groups in total. The van der Waals surface area contributed by atoms with E-state index in [-0.39, 0.29) is 18.0 Å². The van der Waals surface area contributed by atoms with E-state index in [4.69, 9.17) is 16.6 Å². The van der Waals surface area contributed by atoms with Gasteiger partial charge in [-0.3, -0.25) is 19.7 Å². The molecule has 8 nitrogen and oxygen atoms in total. The zero-order valence-corrected chi connectivity index (χ0v) is 23.2. The highest BCUT2D eigenvalue weighted by Gasteiger charge is 2.40. The van der Waals surface area contributed by atoms with E-state index in [1.54, 1.807) is 17.3 Å². The summed E-state index contributed by atoms with van der Waals surface area (Å²) in [6, 6.07) is 12.9. The normalized spacial score (nSPS) is 19.1. The largest absolute Gasteiger partial charge is 0.350 e. The van der Waals surface area contributed by atoms with Crippen molar-refractivity contribution in [1.29, 1.82) is 0 Å². The number of carbonyl (C=O) groups excluding carboxylic acids is 2. The number of benzene rings is 1. The summed E-state index contributed by atoms with van der Waals surface area (Å²) < 4.78 is 0. The number of pyridine rings is 2. The van der Waals surface area contributed by atoms with Crippen LogP contribution in [0, 0.1) is 5.92 Å². The second-order valence-corrected chi connectivity index (χ2v) is 11.1. The predicted octanol–water partition coefficient (Wildman–Crippen LogP) is 3.99. The van der Waals surface area contributed by atoms with Gasteiger partial charge in [-0.2, -0.15) is 0 Å². The fourth-order valence-electron chi connectivity index (χ4n) is 5.46. The molecule has 3 heterocycles. The molecule has 1 aromatic carbocycles. The molecule has 0 saturated carbocycles. The minimum absolute atomic E-state index is 0.134. The third-order valence-corrected chi connectivity index (χ3v) is 7.67. The Labute approximate surface area is 234 Å². The molecule has 1 aliphatic carbocycles. The van der Waals surface area contributed by atoms with E-state index >= 15 is 0 Å². The smallest absolute Gasteiger partial charge is 0.318 e. The Morgan fingerprint density at radius 1 is 1.05 bits per heavy atom. The van der Waals surface area contributed by atoms with Crippen molar-refractivity contribution in [3.63, 3.8) is 0 Å². The summed E-state index contributed by atoms with van der Waals surface area (Å²) in [5, 5.41) is 6.76. The number of urea groups is 1. The highest BCUT2D eigenvalue weighted by Crippen LogP contribution is 2.37. The van der Waals surface area contributed by atoms with Crippen LogP contribution in [0.15, 0.2) is 61.1 Å². The minimum atomic E-state index is -0.659. The summed E-state index contributed by atoms with van der Waals surface area (Å²) in [5.41, 5.74) is 5.46. The lowest BCUT2D eigenvalue weighted by Gasteiger charge is -2.44. The maximum absolute atomic E-state index is 13.6. The highest BCUT2D eigenvalue weighted by atomic mass is 35.5. The number of hydrogen-bond donors (Lipinski definition) is 2. The van der Waals surface area contributed by atoms with Crippen molar-refractivity contribution in [3.05, 3.63) is 94.0 Å². The molecule has 0 spiro atoms. The summed E-state index contributed by atoms with van der Waals surface area (Å²) in [4.78, 5) is 39.8. The van der Waals surface area contributed by atoms with Gasteiger partial charge in [0.1, 0.15) is 6.04 Å². The molecule has 2 aliphatic rings. The minimum Gasteiger partial charge on any atom is -0.350 e. The van der Waals surface area contributed by atoms with Crippen LogP contribution in [0.5, 0.6) is 0 Å². The first kappa shape index (κ1) is 27.1. The van der Waals surface area contributed by atoms with Gasteiger partial charge in [0.05, 0.1) is 11.7 Å². The van der Waals surface area contributed by atoms with E-state index in [1.165, 1.54) is 11.1 Å². The zero-order valence-electron chi connectivity index (χ0n) is 22.4. The van der Waals surface area contributed by atoms with Gasteiger partial charge in [-0.1, -0.05) is 43.6 Å². The first-order valence-corrected chi connectivity index (χ1v) is 14.0. The maximum atomic E-state index is 13.6. The van der Waals surface area contributed by atoms with Crippen molar-refractivity contribution in [2.75, 3.05) is 26.2 Å². The predicted molar refractivity (Wildman–Crippen MR) is 151 cm³/mol. The van der Waals surface area contributed by atoms with Crippen LogP contribution in [0.2, 0.25) is 5.02 Å². The number of amides is 3. The Hall–Kier alpha value is -3.49. The molecule has 0 bridgehead atoms. The van der Waals surface area contributed by atoms with Gasteiger partial charge in [-0.25, -0.2) is 4.79 Å². The van der Waals surface area contributed by atoms with Gasteiger partial charge in [0.2, 0.25) is 5.91 Å². The van der Waals surface area contributed by atoms with Gasteiger partial charge in [-0.15, -0.1) is 0 Å². The molecule has 1 fully saturated rings. The maximum Gasteiger partial charge on any atom is 0.318 e. The van der Waals surface area contributed by atoms with Crippen LogP contribution in [0.3, 0.4) is 0 Å². The van der Waals surface area contributed by atoms with E-state index in [1.807, 2.05) is 36.5 Å². The van der Waals surface area contributed by atoms with Crippen LogP contribution in [-0.4, -0.2) is 63.9 Å². The Morgan fingerprint density at radius 2 is 1.87 bits per heavy atom. The first-order valence-electron chi connectivity index (χ1n) is 13.6. The van der Waals surface area contributed by atoms with E-state index in [0.717, 1.165) is 29.7 Å². The van der Waals surface area contributed by atoms with Gasteiger partial charge < -0.3 is 15.5 Å². The number of piperazine rings is 1. The Morgan fingerprint density at radius 3 is 2.67 bits per heavy atom. The van der Waals surface area contributed by atoms with Crippen LogP contribution in [-0.2, 0) is 24.2 Å². The van der Waals surface area contributed by atoms with Crippen LogP contribution in [0.4, 0.5) is 4.79 Å². The van der Waals surface area contributed by atoms with Crippen molar-refractivity contribution in [1.82, 2.24) is 30.4 Å². The summed E-state index contributed by atoms with van der Waals surface area (Å²) in [6.45, 7) is 6.43. The Balaban J connectivity index is 1.45. The number of nitrogens with zero attached hydrogens (tertiary/aromatic N) is 4. The highest BCUT2D eigenvalue weighted by molar-refractivity contribution is 6.30. The summed E-state index contributed by atoms with van der Waals surface area (Å²) in [5.74, 6) is 0.124. The molecular formula is C30H35ClN6O2. The molecule has 9 heteroatoms. The summed E-state index contributed by atoms with van der Waals surface area (Å²) in [7, 11) is 0. The molecular weight excluding hydrogens is 512 g/mol. The van der Waals surface area contributed by atoms with Gasteiger partial charge in [-0.05, 0) is 65.3 Å². The topological polar surface area (TPSA) is 90.5 Å². The molecule has 5 rings (SSSR count). The van der Waals surface area contributed by atoms with Crippen molar-refractivity contribution in [3.8, 4) is 0 Å². The number of aryl methyl sites for hydroxylation is 2. The molecule has 1 aliphatic heterocycles. The van der Waals surface area contributed by atoms with Crippen molar-refractivity contribution in [2.24, 2.45) is 5.92 Å². The lowest BCUT2D eigenvalue weighted by molar-refractivity contribution is -0.128. The molecule has 3 amide bonds. The quantitative estimate of drug-likeness (QED) is 0.488. The van der Waals surface area contributed by atoms with E-state index < -0.39 is 6.04 Å². The molecule has 0 radical (unpaired) electrons. The lowest BCUT2D eigenvalue weighted by Crippen LogP contribution is -2.63. The third-order valence-electron chi connectivity index (χ3n) is 7.44. The summed E-state index contributed by atoms with van der Waals surface area (Å²) >= 11 is 6.39. The summed E-state index contributed by atoms with van der Waals surface area (Å²) in [6.07, 6.45) is 7.02. The molecule has 204 valence electrons. The number of halogens is 1. The number of hydrogen-bond acceptors (Lipinski definition) is 5. The Bertz CT molecular complexity index is 1320. The van der Waals surface area contributed by atoms with Crippen molar-refractivity contribution < 1.29 is 9.59 Å². The fraction of sp³-hybridized carbons (Fsp3) is 0.400. The molecule has 2 unspecified atom stereocenters. The van der Waals surface area contributed by atoms with E-state index in [0.29, 0.717) is 43.7 Å². The van der Waals surface area contributed by atoms with Gasteiger partial charge in [0.25, 0.3) is 0 Å². The lowest BCUT2D eigenvalue weighted by atomic mass is 9.95. The van der Waals surface area contributed by atoms with Gasteiger partial charge >= 0.3 is 6.03 Å². The number of rotatable bonds is 6. The molecule has 1 saturated heterocycles. The second-order valence-electron chi connectivity index (χ2n) is 10.7. The standard InChI is InChI=1S/C30H35ClN6O2/c1-20(2)16-35-30(39)37-14-13-36(19-26(37)29(38)34-18-21-5-3-11-32-17-21)28-25-10-9-24(31)15-23(25)8-7-22-6-4-12-33-27(22)28/h3-6,9-12,15,17,20,26,28H,7-8,13-14,16,18-19H2,1-2H3,(H,34,38)(H,35,39). The van der Waals surface area contributed by atoms with Crippen molar-refractivity contribution >= 4 is 23.5 Å². The van der Waals surface area contributed by atoms with Crippen molar-refractivity contribution in [2.45, 2.75) is 45.3 Å². The second kappa shape index (κ2) is 12.1. The number of nitrogens with one attached hydrogen (secondary N) is 2.